The van der Waals surface area contributed by atoms with Crippen LogP contribution in [-0.4, -0.2) is 18.8 Å². The highest BCUT2D eigenvalue weighted by atomic mass is 16.7. The van der Waals surface area contributed by atoms with Gasteiger partial charge in [0.05, 0.1) is 12.8 Å². The lowest BCUT2D eigenvalue weighted by Crippen LogP contribution is -2.08. The van der Waals surface area contributed by atoms with E-state index in [0.29, 0.717) is 0 Å². The van der Waals surface area contributed by atoms with E-state index in [1.54, 1.807) is 0 Å². The van der Waals surface area contributed by atoms with Gasteiger partial charge in [0.15, 0.2) is 0 Å². The van der Waals surface area contributed by atoms with Crippen LogP contribution in [0.1, 0.15) is 24.5 Å². The monoisotopic (exact) mass is 219 g/mol. The summed E-state index contributed by atoms with van der Waals surface area (Å²) in [7, 11) is 0. The first-order valence-corrected chi connectivity index (χ1v) is 5.22. The third-order valence-corrected chi connectivity index (χ3v) is 2.32. The van der Waals surface area contributed by atoms with Gasteiger partial charge in [-0.05, 0) is 42.2 Å². The molecular formula is C12H13NO3. The number of aryl methyl sites for hydroxylation is 1. The summed E-state index contributed by atoms with van der Waals surface area (Å²) in [5.74, 6) is 0.522. The molecule has 1 aliphatic rings. The molecule has 0 unspecified atom stereocenters. The summed E-state index contributed by atoms with van der Waals surface area (Å²) >= 11 is 0. The largest absolute Gasteiger partial charge is 0.493 e. The van der Waals surface area contributed by atoms with Crippen molar-refractivity contribution in [1.82, 2.24) is 0 Å². The van der Waals surface area contributed by atoms with Crippen LogP contribution in [0.4, 0.5) is 0 Å². The van der Waals surface area contributed by atoms with E-state index in [4.69, 9.17) is 4.74 Å². The minimum absolute atomic E-state index is 0.419. The maximum absolute atomic E-state index is 10.5. The number of rotatable bonds is 2. The number of hydrogen-bond donors (Lipinski definition) is 0. The van der Waals surface area contributed by atoms with Crippen LogP contribution in [0.25, 0.3) is 0 Å². The van der Waals surface area contributed by atoms with Crippen molar-refractivity contribution >= 4 is 12.2 Å². The van der Waals surface area contributed by atoms with Crippen LogP contribution in [0.5, 0.6) is 5.75 Å². The summed E-state index contributed by atoms with van der Waals surface area (Å²) in [6, 6.07) is 5.81. The van der Waals surface area contributed by atoms with Gasteiger partial charge in [0, 0.05) is 6.92 Å². The molecule has 84 valence electrons. The molecule has 0 saturated heterocycles. The van der Waals surface area contributed by atoms with Gasteiger partial charge in [-0.3, -0.25) is 0 Å². The number of oxime groups is 1. The molecule has 1 heterocycles. The van der Waals surface area contributed by atoms with E-state index in [-0.39, 0.29) is 0 Å². The molecule has 4 heteroatoms. The number of carbonyl (C=O) groups excluding carboxylic acids is 1. The minimum atomic E-state index is -0.419. The van der Waals surface area contributed by atoms with Gasteiger partial charge in [0.2, 0.25) is 0 Å². The lowest BCUT2D eigenvalue weighted by molar-refractivity contribution is -0.140. The molecule has 0 bridgehead atoms. The quantitative estimate of drug-likeness (QED) is 0.433. The first-order chi connectivity index (χ1) is 7.75. The Hall–Kier alpha value is -1.84. The van der Waals surface area contributed by atoms with Crippen molar-refractivity contribution in [3.8, 4) is 5.75 Å². The molecule has 0 spiro atoms. The molecule has 0 amide bonds. The van der Waals surface area contributed by atoms with Crippen molar-refractivity contribution in [2.45, 2.75) is 19.8 Å². The van der Waals surface area contributed by atoms with Gasteiger partial charge in [0.25, 0.3) is 0 Å². The first-order valence-electron chi connectivity index (χ1n) is 5.22. The van der Waals surface area contributed by atoms with E-state index >= 15 is 0 Å². The zero-order valence-electron chi connectivity index (χ0n) is 9.10. The molecular weight excluding hydrogens is 206 g/mol. The molecule has 4 nitrogen and oxygen atoms in total. The molecule has 0 N–H and O–H groups in total. The zero-order chi connectivity index (χ0) is 11.4. The highest BCUT2D eigenvalue weighted by Gasteiger charge is 2.09. The second-order valence-electron chi connectivity index (χ2n) is 3.64. The standard InChI is InChI=1S/C12H13NO3/c1-9(14)16-13-8-10-4-5-12-11(7-10)3-2-6-15-12/h4-5,7-8H,2-3,6H2,1H3. The number of ether oxygens (including phenoxy) is 1. The van der Waals surface area contributed by atoms with E-state index in [1.807, 2.05) is 18.2 Å². The summed E-state index contributed by atoms with van der Waals surface area (Å²) in [6.07, 6.45) is 3.58. The van der Waals surface area contributed by atoms with Gasteiger partial charge in [-0.1, -0.05) is 5.16 Å². The summed E-state index contributed by atoms with van der Waals surface area (Å²) in [5, 5.41) is 3.57. The van der Waals surface area contributed by atoms with Crippen molar-refractivity contribution < 1.29 is 14.4 Å². The van der Waals surface area contributed by atoms with E-state index in [1.165, 1.54) is 18.7 Å². The molecule has 1 aromatic rings. The zero-order valence-corrected chi connectivity index (χ0v) is 9.10. The van der Waals surface area contributed by atoms with Gasteiger partial charge in [-0.2, -0.15) is 0 Å². The van der Waals surface area contributed by atoms with Crippen LogP contribution in [0.15, 0.2) is 23.4 Å². The van der Waals surface area contributed by atoms with Crippen molar-refractivity contribution in [1.29, 1.82) is 0 Å². The number of benzene rings is 1. The van der Waals surface area contributed by atoms with E-state index in [0.717, 1.165) is 30.8 Å². The average Bonchev–Trinajstić information content (AvgIpc) is 2.28. The number of nitrogens with zero attached hydrogens (tertiary/aromatic N) is 1. The van der Waals surface area contributed by atoms with Gasteiger partial charge in [-0.25, -0.2) is 4.79 Å². The molecule has 2 rings (SSSR count). The van der Waals surface area contributed by atoms with Gasteiger partial charge in [-0.15, -0.1) is 0 Å². The van der Waals surface area contributed by atoms with Crippen LogP contribution in [0.2, 0.25) is 0 Å². The fraction of sp³-hybridized carbons (Fsp3) is 0.333. The Morgan fingerprint density at radius 2 is 2.44 bits per heavy atom. The van der Waals surface area contributed by atoms with Crippen molar-refractivity contribution in [3.63, 3.8) is 0 Å². The molecule has 0 aromatic heterocycles. The Morgan fingerprint density at radius 1 is 1.56 bits per heavy atom. The number of carbonyl (C=O) groups is 1. The minimum Gasteiger partial charge on any atom is -0.493 e. The smallest absolute Gasteiger partial charge is 0.331 e. The van der Waals surface area contributed by atoms with Gasteiger partial charge in [0.1, 0.15) is 5.75 Å². The summed E-state index contributed by atoms with van der Waals surface area (Å²) in [6.45, 7) is 2.10. The van der Waals surface area contributed by atoms with Crippen LogP contribution in [0, 0.1) is 0 Å². The predicted molar refractivity (Wildman–Crippen MR) is 59.6 cm³/mol. The Bertz CT molecular complexity index is 426. The molecule has 0 atom stereocenters. The molecule has 0 saturated carbocycles. The third-order valence-electron chi connectivity index (χ3n) is 2.32. The van der Waals surface area contributed by atoms with Crippen molar-refractivity contribution in [2.24, 2.45) is 5.16 Å². The molecule has 0 radical (unpaired) electrons. The lowest BCUT2D eigenvalue weighted by Gasteiger charge is -2.16. The molecule has 0 fully saturated rings. The lowest BCUT2D eigenvalue weighted by atomic mass is 10.0. The van der Waals surface area contributed by atoms with Crippen LogP contribution < -0.4 is 4.74 Å². The normalized spacial score (nSPS) is 14.3. The molecule has 0 aliphatic carbocycles. The fourth-order valence-electron chi connectivity index (χ4n) is 1.62. The Kier molecular flexibility index (Phi) is 3.19. The van der Waals surface area contributed by atoms with E-state index in [9.17, 15) is 4.79 Å². The SMILES string of the molecule is CC(=O)ON=Cc1ccc2c(c1)CCCO2. The highest BCUT2D eigenvalue weighted by molar-refractivity contribution is 5.80. The molecule has 1 aliphatic heterocycles. The summed E-state index contributed by atoms with van der Waals surface area (Å²) in [5.41, 5.74) is 2.09. The summed E-state index contributed by atoms with van der Waals surface area (Å²) < 4.78 is 5.49. The van der Waals surface area contributed by atoms with Gasteiger partial charge >= 0.3 is 5.97 Å². The first kappa shape index (κ1) is 10.7. The fourth-order valence-corrected chi connectivity index (χ4v) is 1.62. The maximum atomic E-state index is 10.5. The van der Waals surface area contributed by atoms with Crippen molar-refractivity contribution in [2.75, 3.05) is 6.61 Å². The van der Waals surface area contributed by atoms with Crippen LogP contribution in [0.3, 0.4) is 0 Å². The maximum Gasteiger partial charge on any atom is 0.331 e. The predicted octanol–water partition coefficient (Wildman–Crippen LogP) is 1.91. The van der Waals surface area contributed by atoms with Gasteiger partial charge < -0.3 is 9.57 Å². The van der Waals surface area contributed by atoms with Crippen molar-refractivity contribution in [3.05, 3.63) is 29.3 Å². The summed E-state index contributed by atoms with van der Waals surface area (Å²) in [4.78, 5) is 15.0. The van der Waals surface area contributed by atoms with E-state index < -0.39 is 5.97 Å². The Morgan fingerprint density at radius 3 is 3.25 bits per heavy atom. The number of hydrogen-bond acceptors (Lipinski definition) is 4. The Labute approximate surface area is 93.9 Å². The second-order valence-corrected chi connectivity index (χ2v) is 3.64. The van der Waals surface area contributed by atoms with Crippen LogP contribution >= 0.6 is 0 Å². The Balaban J connectivity index is 2.11. The molecule has 1 aromatic carbocycles. The highest BCUT2D eigenvalue weighted by Crippen LogP contribution is 2.24. The number of fused-ring (bicyclic) bond motifs is 1. The second kappa shape index (κ2) is 4.79. The molecule has 16 heavy (non-hydrogen) atoms. The van der Waals surface area contributed by atoms with E-state index in [2.05, 4.69) is 9.99 Å². The average molecular weight is 219 g/mol. The van der Waals surface area contributed by atoms with Crippen LogP contribution in [-0.2, 0) is 16.1 Å². The third kappa shape index (κ3) is 2.59. The topological polar surface area (TPSA) is 47.9 Å².